The zero-order chi connectivity index (χ0) is 51.7. The summed E-state index contributed by atoms with van der Waals surface area (Å²) in [6.45, 7) is -0.153. The molecule has 21 unspecified atom stereocenters. The van der Waals surface area contributed by atoms with Gasteiger partial charge in [-0.2, -0.15) is 0 Å². The van der Waals surface area contributed by atoms with Gasteiger partial charge in [-0.1, -0.05) is 0 Å². The van der Waals surface area contributed by atoms with Crippen molar-refractivity contribution in [1.82, 2.24) is 31.2 Å². The van der Waals surface area contributed by atoms with Crippen LogP contribution in [0.5, 0.6) is 0 Å². The molecule has 70 heavy (non-hydrogen) atoms. The molecule has 4 aliphatic rings. The molecule has 0 bridgehead atoms. The Kier molecular flexibility index (Phi) is 20.2. The number of nitrogens with zero attached hydrogens (tertiary/aromatic N) is 1. The van der Waals surface area contributed by atoms with Crippen LogP contribution in [0.1, 0.15) is 26.0 Å². The molecule has 5 heterocycles. The van der Waals surface area contributed by atoms with Gasteiger partial charge in [0.2, 0.25) is 17.7 Å². The number of amides is 4. The number of aliphatic hydroxyl groups excluding tert-OH is 8. The number of aromatic nitrogens is 2. The second kappa shape index (κ2) is 25.1. The molecule has 4 amide bonds. The van der Waals surface area contributed by atoms with Crippen molar-refractivity contribution in [2.24, 2.45) is 0 Å². The molecule has 0 aliphatic carbocycles. The van der Waals surface area contributed by atoms with Crippen LogP contribution in [-0.4, -0.2) is 259 Å². The van der Waals surface area contributed by atoms with Gasteiger partial charge in [-0.05, 0) is 0 Å². The molecule has 0 saturated carbocycles. The van der Waals surface area contributed by atoms with Crippen molar-refractivity contribution >= 4 is 35.6 Å². The summed E-state index contributed by atoms with van der Waals surface area (Å²) in [5.74, 6) is -6.57. The molecule has 31 nitrogen and oxygen atoms in total. The molecule has 21 atom stereocenters. The summed E-state index contributed by atoms with van der Waals surface area (Å²) in [5.41, 5.74) is 0.420. The molecular weight excluding hydrogens is 952 g/mol. The average Bonchev–Trinajstić information content (AvgIpc) is 3.83. The van der Waals surface area contributed by atoms with Crippen LogP contribution in [0.2, 0.25) is 0 Å². The van der Waals surface area contributed by atoms with Gasteiger partial charge in [0, 0.05) is 59.3 Å². The number of carboxylic acids is 2. The minimum atomic E-state index is -2.31. The van der Waals surface area contributed by atoms with E-state index in [-0.39, 0.29) is 6.42 Å². The normalized spacial score (nSPS) is 38.2. The lowest BCUT2D eigenvalue weighted by atomic mass is 9.94. The van der Waals surface area contributed by atoms with Crippen LogP contribution in [0.25, 0.3) is 0 Å². The van der Waals surface area contributed by atoms with E-state index >= 15 is 0 Å². The molecule has 31 heteroatoms. The fourth-order valence-corrected chi connectivity index (χ4v) is 8.22. The predicted molar refractivity (Wildman–Crippen MR) is 220 cm³/mol. The molecule has 0 spiro atoms. The van der Waals surface area contributed by atoms with E-state index in [1.54, 1.807) is 0 Å². The number of carbonyl (C=O) groups is 6. The molecule has 0 aromatic carbocycles. The first-order valence-electron chi connectivity index (χ1n) is 21.6. The topological polar surface area (TPSA) is 465 Å². The summed E-state index contributed by atoms with van der Waals surface area (Å²) in [6, 6.07) is -4.54. The van der Waals surface area contributed by atoms with Crippen LogP contribution in [0.3, 0.4) is 0 Å². The van der Waals surface area contributed by atoms with Crippen molar-refractivity contribution in [3.8, 4) is 0 Å². The number of carbonyl (C=O) groups excluding carboxylic acids is 4. The Bertz CT molecular complexity index is 1920. The standard InChI is InChI=1S/C39H60N6O25/c1-12(48)43-19-27(21(51)16(9-46)64-36(19)63-4)66-39-26(56)24(54)30(32(70-39)35(60)61)68-37-20(44-13(2)49)28(22(52)17(10-47)65-37)67-38-25(55)23(53)29(62-3)31(69-38)33(57)41-6-5-18(50)45-15(34(58)59)7-14-8-40-11-42-14/h8,11,15-17,19-32,36-39,46-47,51-56H,5-7,9-10H2,1-4H3,(H,40,42)(H,41,57)(H,43,48)(H,44,49)(H,45,50)(H,58,59)(H,60,61). The molecule has 1 aromatic rings. The minimum Gasteiger partial charge on any atom is -0.480 e. The Morgan fingerprint density at radius 2 is 1.19 bits per heavy atom. The van der Waals surface area contributed by atoms with E-state index in [1.807, 2.05) is 0 Å². The molecule has 15 N–H and O–H groups in total. The summed E-state index contributed by atoms with van der Waals surface area (Å²) in [4.78, 5) is 81.9. The Hall–Kier alpha value is -4.65. The number of ether oxygens (including phenoxy) is 9. The van der Waals surface area contributed by atoms with Gasteiger partial charge in [-0.3, -0.25) is 19.2 Å². The average molecular weight is 1010 g/mol. The van der Waals surface area contributed by atoms with Crippen LogP contribution in [0, 0.1) is 0 Å². The number of aromatic amines is 1. The highest BCUT2D eigenvalue weighted by Gasteiger charge is 2.58. The van der Waals surface area contributed by atoms with Crippen molar-refractivity contribution in [3.05, 3.63) is 18.2 Å². The van der Waals surface area contributed by atoms with Crippen molar-refractivity contribution < 1.29 is 122 Å². The first kappa shape index (κ1) is 56.3. The van der Waals surface area contributed by atoms with Gasteiger partial charge >= 0.3 is 11.9 Å². The zero-order valence-electron chi connectivity index (χ0n) is 37.9. The van der Waals surface area contributed by atoms with Crippen molar-refractivity contribution in [2.45, 2.75) is 155 Å². The van der Waals surface area contributed by atoms with E-state index in [4.69, 9.17) is 42.6 Å². The Morgan fingerprint density at radius 3 is 1.66 bits per heavy atom. The second-order valence-electron chi connectivity index (χ2n) is 16.6. The number of hydrogen-bond donors (Lipinski definition) is 15. The quantitative estimate of drug-likeness (QED) is 0.0544. The van der Waals surface area contributed by atoms with Crippen LogP contribution in [0.15, 0.2) is 12.5 Å². The Morgan fingerprint density at radius 1 is 0.671 bits per heavy atom. The number of H-pyrrole nitrogens is 1. The molecule has 0 radical (unpaired) electrons. The number of rotatable bonds is 21. The van der Waals surface area contributed by atoms with E-state index in [0.29, 0.717) is 5.69 Å². The number of carboxylic acid groups (broad SMARTS) is 2. The van der Waals surface area contributed by atoms with Gasteiger partial charge in [-0.15, -0.1) is 0 Å². The SMILES string of the molecule is COC1OC(CO)C(O)C(OC2OC(C(=O)O)C(OC3OC(CO)C(O)C(OC4OC(C(=O)NCCC(=O)NC(Cc5cnc[nH]5)C(=O)O)C(OC)C(O)C4O)C3NC(C)=O)C(O)C2O)C1NC(C)=O. The summed E-state index contributed by atoms with van der Waals surface area (Å²) < 4.78 is 50.5. The lowest BCUT2D eigenvalue weighted by Gasteiger charge is -2.50. The number of aliphatic carboxylic acids is 2. The van der Waals surface area contributed by atoms with Gasteiger partial charge < -0.3 is 120 Å². The highest BCUT2D eigenvalue weighted by atomic mass is 16.8. The maximum absolute atomic E-state index is 13.5. The van der Waals surface area contributed by atoms with Crippen molar-refractivity contribution in [2.75, 3.05) is 34.0 Å². The molecule has 4 fully saturated rings. The summed E-state index contributed by atoms with van der Waals surface area (Å²) >= 11 is 0. The molecule has 1 aromatic heterocycles. The third-order valence-corrected chi connectivity index (χ3v) is 11.7. The predicted octanol–water partition coefficient (Wildman–Crippen LogP) is -9.01. The second-order valence-corrected chi connectivity index (χ2v) is 16.6. The maximum atomic E-state index is 13.5. The van der Waals surface area contributed by atoms with Crippen LogP contribution >= 0.6 is 0 Å². The lowest BCUT2D eigenvalue weighted by molar-refractivity contribution is -0.369. The smallest absolute Gasteiger partial charge is 0.335 e. The third-order valence-electron chi connectivity index (χ3n) is 11.7. The number of aliphatic hydroxyl groups is 8. The van der Waals surface area contributed by atoms with Gasteiger partial charge in [0.05, 0.1) is 19.5 Å². The van der Waals surface area contributed by atoms with Crippen molar-refractivity contribution in [1.29, 1.82) is 0 Å². The van der Waals surface area contributed by atoms with Crippen molar-refractivity contribution in [3.63, 3.8) is 0 Å². The minimum absolute atomic E-state index is 0.132. The van der Waals surface area contributed by atoms with Gasteiger partial charge in [-0.25, -0.2) is 14.6 Å². The Labute approximate surface area is 396 Å². The third kappa shape index (κ3) is 13.2. The van der Waals surface area contributed by atoms with Gasteiger partial charge in [0.1, 0.15) is 91.4 Å². The van der Waals surface area contributed by atoms with Gasteiger partial charge in [0.25, 0.3) is 5.91 Å². The summed E-state index contributed by atoms with van der Waals surface area (Å²) in [5, 5.41) is 117. The van der Waals surface area contributed by atoms with E-state index in [1.165, 1.54) is 19.6 Å². The number of imidazole rings is 1. The maximum Gasteiger partial charge on any atom is 0.335 e. The van der Waals surface area contributed by atoms with Crippen LogP contribution < -0.4 is 21.3 Å². The first-order chi connectivity index (χ1) is 33.1. The van der Waals surface area contributed by atoms with E-state index in [0.717, 1.165) is 21.0 Å². The van der Waals surface area contributed by atoms with E-state index in [2.05, 4.69) is 31.2 Å². The first-order valence-corrected chi connectivity index (χ1v) is 21.6. The summed E-state index contributed by atoms with van der Waals surface area (Å²) in [7, 11) is 2.23. The fraction of sp³-hybridized carbons (Fsp3) is 0.769. The largest absolute Gasteiger partial charge is 0.480 e. The van der Waals surface area contributed by atoms with E-state index in [9.17, 15) is 79.8 Å². The molecule has 396 valence electrons. The van der Waals surface area contributed by atoms with Gasteiger partial charge in [0.15, 0.2) is 37.4 Å². The highest BCUT2D eigenvalue weighted by Crippen LogP contribution is 2.35. The van der Waals surface area contributed by atoms with Crippen LogP contribution in [0.4, 0.5) is 0 Å². The molecular formula is C39H60N6O25. The molecule has 4 aliphatic heterocycles. The monoisotopic (exact) mass is 1010 g/mol. The summed E-state index contributed by atoms with van der Waals surface area (Å²) in [6.07, 6.45) is -32.6. The lowest BCUT2D eigenvalue weighted by Crippen LogP contribution is -2.71. The van der Waals surface area contributed by atoms with E-state index < -0.39 is 190 Å². The number of hydrogen-bond acceptors (Lipinski definition) is 24. The fourth-order valence-electron chi connectivity index (χ4n) is 8.22. The number of methoxy groups -OCH3 is 2. The number of nitrogens with one attached hydrogen (secondary N) is 5. The Balaban J connectivity index is 1.33. The van der Waals surface area contributed by atoms with Crippen LogP contribution in [-0.2, 0) is 77.8 Å². The highest BCUT2D eigenvalue weighted by molar-refractivity contribution is 5.85. The molecule has 5 rings (SSSR count). The molecule has 4 saturated heterocycles. The zero-order valence-corrected chi connectivity index (χ0v) is 37.9.